The first-order valence-electron chi connectivity index (χ1n) is 3.50. The maximum Gasteiger partial charge on any atom is 0.333 e. The standard InChI is InChI=1S/C7H12O3.CHNO/c1-5(2)7(9)10-4-6(3)8;2-1-3/h6,8H,1,4H2,2-3H3;2H. The molecule has 0 amide bonds. The van der Waals surface area contributed by atoms with Crippen LogP contribution in [0.5, 0.6) is 0 Å². The third-order valence-electron chi connectivity index (χ3n) is 0.804. The van der Waals surface area contributed by atoms with E-state index < -0.39 is 12.1 Å². The molecule has 5 nitrogen and oxygen atoms in total. The quantitative estimate of drug-likeness (QED) is 0.289. The minimum absolute atomic E-state index is 0.0334. The number of hydrogen-bond acceptors (Lipinski definition) is 5. The van der Waals surface area contributed by atoms with Crippen LogP contribution < -0.4 is 0 Å². The Balaban J connectivity index is 0. The van der Waals surface area contributed by atoms with Crippen LogP contribution in [0.1, 0.15) is 13.8 Å². The van der Waals surface area contributed by atoms with Crippen molar-refractivity contribution in [3.8, 4) is 0 Å². The van der Waals surface area contributed by atoms with E-state index >= 15 is 0 Å². The number of carbonyl (C=O) groups excluding carboxylic acids is 2. The maximum absolute atomic E-state index is 10.6. The fraction of sp³-hybridized carbons (Fsp3) is 0.500. The van der Waals surface area contributed by atoms with Crippen LogP contribution in [0.15, 0.2) is 12.2 Å². The van der Waals surface area contributed by atoms with Crippen molar-refractivity contribution in [3.63, 3.8) is 0 Å². The predicted octanol–water partition coefficient (Wildman–Crippen LogP) is 0.387. The molecule has 74 valence electrons. The molecule has 2 N–H and O–H groups in total. The SMILES string of the molecule is C=C(C)C(=O)OCC(C)O.N=C=O. The van der Waals surface area contributed by atoms with Crippen LogP contribution in [0.25, 0.3) is 0 Å². The summed E-state index contributed by atoms with van der Waals surface area (Å²) in [5, 5.41) is 14.1. The third-order valence-corrected chi connectivity index (χ3v) is 0.804. The average Bonchev–Trinajstić information content (AvgIpc) is 2.01. The van der Waals surface area contributed by atoms with Gasteiger partial charge in [-0.2, -0.15) is 0 Å². The van der Waals surface area contributed by atoms with Gasteiger partial charge in [-0.1, -0.05) is 6.58 Å². The third kappa shape index (κ3) is 13.5. The van der Waals surface area contributed by atoms with Crippen LogP contribution in [0.2, 0.25) is 0 Å². The van der Waals surface area contributed by atoms with E-state index in [1.54, 1.807) is 13.8 Å². The lowest BCUT2D eigenvalue weighted by Gasteiger charge is -2.04. The van der Waals surface area contributed by atoms with Gasteiger partial charge in [-0.15, -0.1) is 0 Å². The highest BCUT2D eigenvalue weighted by atomic mass is 16.5. The first kappa shape index (κ1) is 14.1. The van der Waals surface area contributed by atoms with Crippen LogP contribution in [0.3, 0.4) is 0 Å². The van der Waals surface area contributed by atoms with E-state index in [-0.39, 0.29) is 6.61 Å². The summed E-state index contributed by atoms with van der Waals surface area (Å²) in [5.41, 5.74) is 0.348. The van der Waals surface area contributed by atoms with Crippen molar-refractivity contribution < 1.29 is 19.4 Å². The van der Waals surface area contributed by atoms with E-state index in [0.717, 1.165) is 6.08 Å². The summed E-state index contributed by atoms with van der Waals surface area (Å²) in [6.45, 7) is 6.52. The number of rotatable bonds is 3. The fourth-order valence-corrected chi connectivity index (χ4v) is 0.319. The maximum atomic E-state index is 10.6. The summed E-state index contributed by atoms with van der Waals surface area (Å²) < 4.78 is 4.58. The molecule has 0 rings (SSSR count). The van der Waals surface area contributed by atoms with Gasteiger partial charge < -0.3 is 9.84 Å². The highest BCUT2D eigenvalue weighted by molar-refractivity contribution is 5.86. The molecule has 0 aliphatic heterocycles. The Labute approximate surface area is 76.5 Å². The lowest BCUT2D eigenvalue weighted by atomic mass is 10.3. The molecule has 0 saturated carbocycles. The van der Waals surface area contributed by atoms with Crippen molar-refractivity contribution in [3.05, 3.63) is 12.2 Å². The van der Waals surface area contributed by atoms with E-state index in [4.69, 9.17) is 15.3 Å². The number of nitrogens with one attached hydrogen (secondary N) is 1. The van der Waals surface area contributed by atoms with Gasteiger partial charge >= 0.3 is 5.97 Å². The van der Waals surface area contributed by atoms with Crippen molar-refractivity contribution in [2.75, 3.05) is 6.61 Å². The minimum Gasteiger partial charge on any atom is -0.460 e. The molecule has 5 heteroatoms. The molecule has 1 unspecified atom stereocenters. The summed E-state index contributed by atoms with van der Waals surface area (Å²) in [4.78, 5) is 19.0. The molecule has 0 aromatic rings. The second kappa shape index (κ2) is 8.64. The van der Waals surface area contributed by atoms with Gasteiger partial charge in [0.1, 0.15) is 6.61 Å². The Kier molecular flexibility index (Phi) is 9.37. The molecule has 0 aromatic carbocycles. The van der Waals surface area contributed by atoms with Gasteiger partial charge in [-0.05, 0) is 13.8 Å². The largest absolute Gasteiger partial charge is 0.460 e. The zero-order valence-electron chi connectivity index (χ0n) is 7.66. The van der Waals surface area contributed by atoms with E-state index in [9.17, 15) is 4.79 Å². The molecule has 13 heavy (non-hydrogen) atoms. The van der Waals surface area contributed by atoms with Crippen LogP contribution in [0, 0.1) is 5.41 Å². The summed E-state index contributed by atoms with van der Waals surface area (Å²) in [7, 11) is 0. The van der Waals surface area contributed by atoms with Crippen LogP contribution in [0.4, 0.5) is 0 Å². The summed E-state index contributed by atoms with van der Waals surface area (Å²) in [5.74, 6) is -0.457. The summed E-state index contributed by atoms with van der Waals surface area (Å²) >= 11 is 0. The number of aliphatic hydroxyl groups is 1. The average molecular weight is 187 g/mol. The van der Waals surface area contributed by atoms with E-state index in [1.807, 2.05) is 0 Å². The highest BCUT2D eigenvalue weighted by Gasteiger charge is 2.03. The molecule has 0 aromatic heterocycles. The van der Waals surface area contributed by atoms with Gasteiger partial charge in [0, 0.05) is 5.57 Å². The van der Waals surface area contributed by atoms with Crippen LogP contribution >= 0.6 is 0 Å². The van der Waals surface area contributed by atoms with E-state index in [2.05, 4.69) is 11.3 Å². The van der Waals surface area contributed by atoms with Gasteiger partial charge in [0.15, 0.2) is 0 Å². The summed E-state index contributed by atoms with van der Waals surface area (Å²) in [6, 6.07) is 0. The fourth-order valence-electron chi connectivity index (χ4n) is 0.319. The monoisotopic (exact) mass is 187 g/mol. The Morgan fingerprint density at radius 1 is 1.77 bits per heavy atom. The van der Waals surface area contributed by atoms with Crippen molar-refractivity contribution >= 4 is 12.0 Å². The molecule has 0 aliphatic rings. The van der Waals surface area contributed by atoms with Gasteiger partial charge in [-0.25, -0.2) is 15.0 Å². The Morgan fingerprint density at radius 2 is 2.15 bits per heavy atom. The van der Waals surface area contributed by atoms with Crippen LogP contribution in [-0.4, -0.2) is 29.9 Å². The first-order valence-corrected chi connectivity index (χ1v) is 3.50. The molecule has 0 radical (unpaired) electrons. The molecular formula is C8H13NO4. The van der Waals surface area contributed by atoms with Gasteiger partial charge in [0.2, 0.25) is 6.08 Å². The first-order chi connectivity index (χ1) is 5.95. The number of esters is 1. The molecule has 0 fully saturated rings. The topological polar surface area (TPSA) is 87.4 Å². The molecule has 0 spiro atoms. The zero-order valence-corrected chi connectivity index (χ0v) is 7.66. The van der Waals surface area contributed by atoms with Crippen LogP contribution in [-0.2, 0) is 14.3 Å². The van der Waals surface area contributed by atoms with Gasteiger partial charge in [-0.3, -0.25) is 0 Å². The normalized spacial score (nSPS) is 10.1. The predicted molar refractivity (Wildman–Crippen MR) is 45.9 cm³/mol. The van der Waals surface area contributed by atoms with Crippen molar-refractivity contribution in [1.82, 2.24) is 0 Å². The minimum atomic E-state index is -0.608. The molecule has 0 saturated heterocycles. The van der Waals surface area contributed by atoms with Crippen molar-refractivity contribution in [2.24, 2.45) is 0 Å². The summed E-state index contributed by atoms with van der Waals surface area (Å²) in [6.07, 6.45) is 0.142. The number of ether oxygens (including phenoxy) is 1. The zero-order chi connectivity index (χ0) is 10.9. The molecule has 1 atom stereocenters. The Bertz CT molecular complexity index is 204. The number of isocyanates is 1. The van der Waals surface area contributed by atoms with Gasteiger partial charge in [0.05, 0.1) is 6.10 Å². The number of aliphatic hydroxyl groups excluding tert-OH is 1. The van der Waals surface area contributed by atoms with E-state index in [0.29, 0.717) is 5.57 Å². The molecule has 0 aliphatic carbocycles. The van der Waals surface area contributed by atoms with Crippen molar-refractivity contribution in [1.29, 1.82) is 5.41 Å². The Hall–Kier alpha value is -1.45. The Morgan fingerprint density at radius 3 is 2.38 bits per heavy atom. The highest BCUT2D eigenvalue weighted by Crippen LogP contribution is 1.92. The number of carbonyl (C=O) groups is 1. The number of hydrogen-bond donors (Lipinski definition) is 2. The van der Waals surface area contributed by atoms with E-state index in [1.165, 1.54) is 0 Å². The van der Waals surface area contributed by atoms with Crippen molar-refractivity contribution in [2.45, 2.75) is 20.0 Å². The lowest BCUT2D eigenvalue weighted by Crippen LogP contribution is -2.15. The lowest BCUT2D eigenvalue weighted by molar-refractivity contribution is -0.141. The molecular weight excluding hydrogens is 174 g/mol. The molecule has 0 bridgehead atoms. The second-order valence-electron chi connectivity index (χ2n) is 2.33. The molecule has 0 heterocycles. The van der Waals surface area contributed by atoms with Gasteiger partial charge in [0.25, 0.3) is 0 Å². The second-order valence-corrected chi connectivity index (χ2v) is 2.33. The smallest absolute Gasteiger partial charge is 0.333 e.